The molecule has 1 aliphatic rings. The number of ether oxygens (including phenoxy) is 2. The van der Waals surface area contributed by atoms with Crippen molar-refractivity contribution in [3.8, 4) is 0 Å². The largest absolute Gasteiger partial charge is 0.379 e. The van der Waals surface area contributed by atoms with Gasteiger partial charge in [0.15, 0.2) is 0 Å². The lowest BCUT2D eigenvalue weighted by Gasteiger charge is -2.36. The van der Waals surface area contributed by atoms with Gasteiger partial charge in [-0.15, -0.1) is 0 Å². The highest BCUT2D eigenvalue weighted by Gasteiger charge is 2.22. The second-order valence-electron chi connectivity index (χ2n) is 9.51. The maximum absolute atomic E-state index is 11.8. The standard InChI is InChI=1S/C21H42N2O3/c1-20(2,3)19(24)8-7-14-25-16-17-26-15-13-23-11-9-18(10-12-23)22-21(4,5)6/h18,22H,7-17H2,1-6H3. The van der Waals surface area contributed by atoms with Crippen molar-refractivity contribution < 1.29 is 14.3 Å². The first-order valence-corrected chi connectivity index (χ1v) is 10.3. The van der Waals surface area contributed by atoms with E-state index in [1.165, 1.54) is 12.8 Å². The molecule has 0 aromatic carbocycles. The van der Waals surface area contributed by atoms with Crippen molar-refractivity contribution in [2.24, 2.45) is 5.41 Å². The number of carbonyl (C=O) groups is 1. The van der Waals surface area contributed by atoms with E-state index in [1.807, 2.05) is 20.8 Å². The Balaban J connectivity index is 1.92. The SMILES string of the molecule is CC(C)(C)NC1CCN(CCOCCOCCCC(=O)C(C)(C)C)CC1. The van der Waals surface area contributed by atoms with Crippen molar-refractivity contribution in [3.63, 3.8) is 0 Å². The van der Waals surface area contributed by atoms with E-state index in [0.717, 1.165) is 32.7 Å². The van der Waals surface area contributed by atoms with E-state index in [9.17, 15) is 4.79 Å². The third-order valence-corrected chi connectivity index (χ3v) is 4.68. The molecule has 0 amide bonds. The maximum Gasteiger partial charge on any atom is 0.138 e. The van der Waals surface area contributed by atoms with Gasteiger partial charge in [-0.3, -0.25) is 4.79 Å². The normalized spacial score (nSPS) is 17.6. The molecule has 1 aliphatic heterocycles. The molecule has 0 aliphatic carbocycles. The fourth-order valence-corrected chi connectivity index (χ4v) is 3.14. The van der Waals surface area contributed by atoms with Crippen molar-refractivity contribution in [1.82, 2.24) is 10.2 Å². The lowest BCUT2D eigenvalue weighted by atomic mass is 9.88. The van der Waals surface area contributed by atoms with Gasteiger partial charge in [0.25, 0.3) is 0 Å². The Labute approximate surface area is 161 Å². The lowest BCUT2D eigenvalue weighted by molar-refractivity contribution is -0.126. The Morgan fingerprint density at radius 3 is 2.08 bits per heavy atom. The van der Waals surface area contributed by atoms with Crippen LogP contribution in [0.2, 0.25) is 0 Å². The Morgan fingerprint density at radius 1 is 0.962 bits per heavy atom. The Hall–Kier alpha value is -0.490. The predicted octanol–water partition coefficient (Wildman–Crippen LogP) is 3.27. The molecule has 0 unspecified atom stereocenters. The van der Waals surface area contributed by atoms with E-state index in [1.54, 1.807) is 0 Å². The van der Waals surface area contributed by atoms with Crippen molar-refractivity contribution in [3.05, 3.63) is 0 Å². The first-order valence-electron chi connectivity index (χ1n) is 10.3. The van der Waals surface area contributed by atoms with Crippen LogP contribution in [0.15, 0.2) is 0 Å². The molecular formula is C21H42N2O3. The number of ketones is 1. The minimum absolute atomic E-state index is 0.204. The maximum atomic E-state index is 11.8. The van der Waals surface area contributed by atoms with Crippen molar-refractivity contribution in [2.45, 2.75) is 78.8 Å². The van der Waals surface area contributed by atoms with Crippen LogP contribution in [-0.2, 0) is 14.3 Å². The number of piperidine rings is 1. The van der Waals surface area contributed by atoms with Crippen LogP contribution in [0.5, 0.6) is 0 Å². The highest BCUT2D eigenvalue weighted by atomic mass is 16.5. The molecule has 0 radical (unpaired) electrons. The summed E-state index contributed by atoms with van der Waals surface area (Å²) in [6.45, 7) is 18.6. The van der Waals surface area contributed by atoms with Crippen LogP contribution < -0.4 is 5.32 Å². The lowest BCUT2D eigenvalue weighted by Crippen LogP contribution is -2.49. The van der Waals surface area contributed by atoms with Crippen LogP contribution in [-0.4, -0.2) is 68.3 Å². The Bertz CT molecular complexity index is 391. The fourth-order valence-electron chi connectivity index (χ4n) is 3.14. The molecule has 0 aromatic rings. The first-order chi connectivity index (χ1) is 12.1. The Kier molecular flexibility index (Phi) is 10.3. The van der Waals surface area contributed by atoms with Gasteiger partial charge in [0.1, 0.15) is 5.78 Å². The van der Waals surface area contributed by atoms with Crippen LogP contribution in [0.3, 0.4) is 0 Å². The summed E-state index contributed by atoms with van der Waals surface area (Å²) in [6.07, 6.45) is 3.83. The quantitative estimate of drug-likeness (QED) is 0.566. The average molecular weight is 371 g/mol. The van der Waals surface area contributed by atoms with Crippen molar-refractivity contribution >= 4 is 5.78 Å². The number of nitrogens with zero attached hydrogens (tertiary/aromatic N) is 1. The van der Waals surface area contributed by atoms with Gasteiger partial charge in [-0.1, -0.05) is 20.8 Å². The number of Topliss-reactive ketones (excluding diaryl/α,β-unsaturated/α-hetero) is 1. The molecule has 1 rings (SSSR count). The molecule has 0 bridgehead atoms. The van der Waals surface area contributed by atoms with Crippen molar-refractivity contribution in [1.29, 1.82) is 0 Å². The first kappa shape index (κ1) is 23.5. The summed E-state index contributed by atoms with van der Waals surface area (Å²) in [5.74, 6) is 0.304. The van der Waals surface area contributed by atoms with Gasteiger partial charge in [-0.05, 0) is 53.1 Å². The smallest absolute Gasteiger partial charge is 0.138 e. The summed E-state index contributed by atoms with van der Waals surface area (Å²) in [5.41, 5.74) is -0.0314. The monoisotopic (exact) mass is 370 g/mol. The molecule has 1 saturated heterocycles. The van der Waals surface area contributed by atoms with Gasteiger partial charge < -0.3 is 19.7 Å². The molecule has 154 valence electrons. The molecule has 5 heteroatoms. The minimum atomic E-state index is -0.236. The second-order valence-corrected chi connectivity index (χ2v) is 9.51. The number of hydrogen-bond donors (Lipinski definition) is 1. The summed E-state index contributed by atoms with van der Waals surface area (Å²) in [7, 11) is 0. The molecule has 1 N–H and O–H groups in total. The minimum Gasteiger partial charge on any atom is -0.379 e. The number of nitrogens with one attached hydrogen (secondary N) is 1. The van der Waals surface area contributed by atoms with E-state index in [0.29, 0.717) is 38.1 Å². The third-order valence-electron chi connectivity index (χ3n) is 4.68. The average Bonchev–Trinajstić information content (AvgIpc) is 2.52. The number of carbonyl (C=O) groups excluding carboxylic acids is 1. The summed E-state index contributed by atoms with van der Waals surface area (Å²) in [4.78, 5) is 14.3. The molecule has 1 heterocycles. The van der Waals surface area contributed by atoms with E-state index < -0.39 is 0 Å². The number of hydrogen-bond acceptors (Lipinski definition) is 5. The molecule has 0 saturated carbocycles. The van der Waals surface area contributed by atoms with Gasteiger partial charge in [0.2, 0.25) is 0 Å². The highest BCUT2D eigenvalue weighted by Crippen LogP contribution is 2.17. The van der Waals surface area contributed by atoms with Crippen molar-refractivity contribution in [2.75, 3.05) is 46.1 Å². The van der Waals surface area contributed by atoms with Gasteiger partial charge in [-0.2, -0.15) is 0 Å². The van der Waals surface area contributed by atoms with E-state index in [2.05, 4.69) is 31.0 Å². The number of likely N-dealkylation sites (tertiary alicyclic amines) is 1. The fraction of sp³-hybridized carbons (Fsp3) is 0.952. The van der Waals surface area contributed by atoms with Crippen LogP contribution >= 0.6 is 0 Å². The van der Waals surface area contributed by atoms with Gasteiger partial charge >= 0.3 is 0 Å². The zero-order chi connectivity index (χ0) is 19.6. The van der Waals surface area contributed by atoms with E-state index in [4.69, 9.17) is 9.47 Å². The summed E-state index contributed by atoms with van der Waals surface area (Å²) < 4.78 is 11.2. The van der Waals surface area contributed by atoms with Gasteiger partial charge in [0.05, 0.1) is 19.8 Å². The Morgan fingerprint density at radius 2 is 1.54 bits per heavy atom. The number of rotatable bonds is 11. The van der Waals surface area contributed by atoms with E-state index in [-0.39, 0.29) is 11.0 Å². The van der Waals surface area contributed by atoms with Gasteiger partial charge in [0, 0.05) is 36.6 Å². The van der Waals surface area contributed by atoms with Gasteiger partial charge in [-0.25, -0.2) is 0 Å². The predicted molar refractivity (Wildman–Crippen MR) is 108 cm³/mol. The molecule has 1 fully saturated rings. The highest BCUT2D eigenvalue weighted by molar-refractivity contribution is 5.83. The van der Waals surface area contributed by atoms with E-state index >= 15 is 0 Å². The van der Waals surface area contributed by atoms with Crippen LogP contribution in [0.25, 0.3) is 0 Å². The zero-order valence-electron chi connectivity index (χ0n) is 18.0. The zero-order valence-corrected chi connectivity index (χ0v) is 18.0. The molecule has 0 spiro atoms. The molecule has 0 aromatic heterocycles. The summed E-state index contributed by atoms with van der Waals surface area (Å²) in [5, 5.41) is 3.70. The summed E-state index contributed by atoms with van der Waals surface area (Å²) >= 11 is 0. The molecule has 5 nitrogen and oxygen atoms in total. The second kappa shape index (κ2) is 11.4. The third kappa shape index (κ3) is 11.3. The van der Waals surface area contributed by atoms with Crippen LogP contribution in [0.1, 0.15) is 67.2 Å². The summed E-state index contributed by atoms with van der Waals surface area (Å²) in [6, 6.07) is 0.644. The molecule has 0 atom stereocenters. The van der Waals surface area contributed by atoms with Crippen LogP contribution in [0, 0.1) is 5.41 Å². The topological polar surface area (TPSA) is 50.8 Å². The van der Waals surface area contributed by atoms with Crippen LogP contribution in [0.4, 0.5) is 0 Å². The molecular weight excluding hydrogens is 328 g/mol. The molecule has 26 heavy (non-hydrogen) atoms.